The molecule has 1 saturated carbocycles. The van der Waals surface area contributed by atoms with Crippen molar-refractivity contribution in [2.45, 2.75) is 52.1 Å². The maximum Gasteiger partial charge on any atom is 0.191 e. The zero-order valence-corrected chi connectivity index (χ0v) is 20.1. The Kier molecular flexibility index (Phi) is 12.3. The summed E-state index contributed by atoms with van der Waals surface area (Å²) < 4.78 is 11.5. The van der Waals surface area contributed by atoms with E-state index in [0.717, 1.165) is 42.7 Å². The van der Waals surface area contributed by atoms with Crippen molar-refractivity contribution in [2.75, 3.05) is 40.4 Å². The van der Waals surface area contributed by atoms with Crippen LogP contribution in [0.25, 0.3) is 0 Å². The van der Waals surface area contributed by atoms with Gasteiger partial charge in [0.25, 0.3) is 0 Å². The van der Waals surface area contributed by atoms with Crippen LogP contribution in [0.3, 0.4) is 0 Å². The van der Waals surface area contributed by atoms with E-state index in [9.17, 15) is 0 Å². The lowest BCUT2D eigenvalue weighted by molar-refractivity contribution is 0.217. The molecular weight excluding hydrogens is 467 g/mol. The summed E-state index contributed by atoms with van der Waals surface area (Å²) in [5, 5.41) is 6.90. The van der Waals surface area contributed by atoms with Gasteiger partial charge in [-0.25, -0.2) is 0 Å². The van der Waals surface area contributed by atoms with E-state index in [1.54, 1.807) is 7.11 Å². The molecule has 0 saturated heterocycles. The summed E-state index contributed by atoms with van der Waals surface area (Å²) in [5.41, 5.74) is 1.14. The number of ether oxygens (including phenoxy) is 2. The number of guanidine groups is 1. The number of hydrogen-bond acceptors (Lipinski definition) is 4. The Balaban J connectivity index is 0.00000392. The Morgan fingerprint density at radius 3 is 2.50 bits per heavy atom. The highest BCUT2D eigenvalue weighted by Gasteiger charge is 2.16. The third kappa shape index (κ3) is 8.03. The molecule has 0 spiro atoms. The van der Waals surface area contributed by atoms with Gasteiger partial charge >= 0.3 is 0 Å². The third-order valence-electron chi connectivity index (χ3n) is 5.17. The van der Waals surface area contributed by atoms with E-state index in [0.29, 0.717) is 19.2 Å². The number of halogens is 1. The minimum absolute atomic E-state index is 0. The molecule has 0 amide bonds. The SMILES string of the molecule is CCN(CC)CCOc1ccc(CNC(=NC)NC2CCCC2)cc1OC.I. The first-order chi connectivity index (χ1) is 13.2. The first-order valence-electron chi connectivity index (χ1n) is 10.2. The normalized spacial score (nSPS) is 14.7. The average molecular weight is 504 g/mol. The molecule has 1 aliphatic rings. The van der Waals surface area contributed by atoms with Crippen LogP contribution in [0, 0.1) is 0 Å². The second-order valence-corrected chi connectivity index (χ2v) is 6.91. The van der Waals surface area contributed by atoms with Crippen LogP contribution in [-0.4, -0.2) is 57.3 Å². The van der Waals surface area contributed by atoms with Crippen LogP contribution in [0.15, 0.2) is 23.2 Å². The summed E-state index contributed by atoms with van der Waals surface area (Å²) in [6, 6.07) is 6.64. The van der Waals surface area contributed by atoms with Crippen molar-refractivity contribution in [1.82, 2.24) is 15.5 Å². The van der Waals surface area contributed by atoms with E-state index in [4.69, 9.17) is 9.47 Å². The predicted octanol–water partition coefficient (Wildman–Crippen LogP) is 3.64. The first kappa shape index (κ1) is 24.8. The van der Waals surface area contributed by atoms with Crippen LogP contribution in [-0.2, 0) is 6.54 Å². The smallest absolute Gasteiger partial charge is 0.191 e. The van der Waals surface area contributed by atoms with Crippen molar-refractivity contribution in [3.63, 3.8) is 0 Å². The Hall–Kier alpha value is -1.22. The zero-order valence-electron chi connectivity index (χ0n) is 17.8. The van der Waals surface area contributed by atoms with Gasteiger partial charge in [0, 0.05) is 26.2 Å². The summed E-state index contributed by atoms with van der Waals surface area (Å²) >= 11 is 0. The van der Waals surface area contributed by atoms with Crippen molar-refractivity contribution in [3.8, 4) is 11.5 Å². The van der Waals surface area contributed by atoms with Gasteiger partial charge in [-0.05, 0) is 43.6 Å². The van der Waals surface area contributed by atoms with Crippen LogP contribution < -0.4 is 20.1 Å². The highest BCUT2D eigenvalue weighted by molar-refractivity contribution is 14.0. The second-order valence-electron chi connectivity index (χ2n) is 6.91. The van der Waals surface area contributed by atoms with Crippen molar-refractivity contribution in [1.29, 1.82) is 0 Å². The van der Waals surface area contributed by atoms with Crippen molar-refractivity contribution in [3.05, 3.63) is 23.8 Å². The van der Waals surface area contributed by atoms with Crippen LogP contribution >= 0.6 is 24.0 Å². The number of methoxy groups -OCH3 is 1. The maximum absolute atomic E-state index is 5.93. The van der Waals surface area contributed by atoms with Gasteiger partial charge in [0.1, 0.15) is 6.61 Å². The first-order valence-corrected chi connectivity index (χ1v) is 10.2. The average Bonchev–Trinajstić information content (AvgIpc) is 3.22. The maximum atomic E-state index is 5.93. The lowest BCUT2D eigenvalue weighted by atomic mass is 10.2. The number of likely N-dealkylation sites (N-methyl/N-ethyl adjacent to an activating group) is 1. The quantitative estimate of drug-likeness (QED) is 0.290. The van der Waals surface area contributed by atoms with Gasteiger partial charge in [-0.1, -0.05) is 32.8 Å². The van der Waals surface area contributed by atoms with Crippen LogP contribution in [0.4, 0.5) is 0 Å². The zero-order chi connectivity index (χ0) is 19.5. The molecular formula is C21H37IN4O2. The Bertz CT molecular complexity index is 588. The molecule has 0 radical (unpaired) electrons. The number of rotatable bonds is 10. The van der Waals surface area contributed by atoms with Gasteiger partial charge in [-0.3, -0.25) is 4.99 Å². The fourth-order valence-electron chi connectivity index (χ4n) is 3.41. The predicted molar refractivity (Wildman–Crippen MR) is 127 cm³/mol. The summed E-state index contributed by atoms with van der Waals surface area (Å²) in [5.74, 6) is 2.43. The molecule has 0 heterocycles. The molecule has 6 nitrogen and oxygen atoms in total. The summed E-state index contributed by atoms with van der Waals surface area (Å²) in [4.78, 5) is 6.67. The minimum atomic E-state index is 0. The largest absolute Gasteiger partial charge is 0.493 e. The van der Waals surface area contributed by atoms with Crippen LogP contribution in [0.5, 0.6) is 11.5 Å². The van der Waals surface area contributed by atoms with E-state index in [-0.39, 0.29) is 24.0 Å². The van der Waals surface area contributed by atoms with E-state index >= 15 is 0 Å². The lowest BCUT2D eigenvalue weighted by Gasteiger charge is -2.19. The van der Waals surface area contributed by atoms with E-state index in [2.05, 4.69) is 40.4 Å². The number of benzene rings is 1. The van der Waals surface area contributed by atoms with E-state index in [1.165, 1.54) is 25.7 Å². The standard InChI is InChI=1S/C21H36N4O2.HI/c1-5-25(6-2)13-14-27-19-12-11-17(15-20(19)26-4)16-23-21(22-3)24-18-9-7-8-10-18;/h11-12,15,18H,5-10,13-14,16H2,1-4H3,(H2,22,23,24);1H. The monoisotopic (exact) mass is 504 g/mol. The van der Waals surface area contributed by atoms with Gasteiger partial charge in [0.15, 0.2) is 17.5 Å². The van der Waals surface area contributed by atoms with Gasteiger partial charge in [0.2, 0.25) is 0 Å². The molecule has 0 bridgehead atoms. The van der Waals surface area contributed by atoms with E-state index in [1.807, 2.05) is 19.2 Å². The highest BCUT2D eigenvalue weighted by atomic mass is 127. The van der Waals surface area contributed by atoms with Crippen LogP contribution in [0.2, 0.25) is 0 Å². The van der Waals surface area contributed by atoms with Crippen molar-refractivity contribution < 1.29 is 9.47 Å². The van der Waals surface area contributed by atoms with Crippen LogP contribution in [0.1, 0.15) is 45.1 Å². The van der Waals surface area contributed by atoms with Crippen molar-refractivity contribution >= 4 is 29.9 Å². The highest BCUT2D eigenvalue weighted by Crippen LogP contribution is 2.28. The summed E-state index contributed by atoms with van der Waals surface area (Å²) in [7, 11) is 3.50. The van der Waals surface area contributed by atoms with E-state index < -0.39 is 0 Å². The van der Waals surface area contributed by atoms with Gasteiger partial charge in [0.05, 0.1) is 7.11 Å². The fourth-order valence-corrected chi connectivity index (χ4v) is 3.41. The molecule has 28 heavy (non-hydrogen) atoms. The molecule has 0 aliphatic heterocycles. The summed E-state index contributed by atoms with van der Waals surface area (Å²) in [6.07, 6.45) is 5.07. The second kappa shape index (κ2) is 13.9. The van der Waals surface area contributed by atoms with Gasteiger partial charge in [-0.2, -0.15) is 0 Å². The number of nitrogens with one attached hydrogen (secondary N) is 2. The molecule has 2 N–H and O–H groups in total. The van der Waals surface area contributed by atoms with Gasteiger partial charge in [-0.15, -0.1) is 24.0 Å². The number of hydrogen-bond donors (Lipinski definition) is 2. The number of aliphatic imine (C=N–C) groups is 1. The fraction of sp³-hybridized carbons (Fsp3) is 0.667. The number of nitrogens with zero attached hydrogens (tertiary/aromatic N) is 2. The molecule has 0 unspecified atom stereocenters. The molecule has 2 rings (SSSR count). The summed E-state index contributed by atoms with van der Waals surface area (Å²) in [6.45, 7) is 8.69. The third-order valence-corrected chi connectivity index (χ3v) is 5.17. The molecule has 0 aromatic heterocycles. The Morgan fingerprint density at radius 1 is 1.18 bits per heavy atom. The molecule has 1 fully saturated rings. The molecule has 1 aromatic rings. The van der Waals surface area contributed by atoms with Gasteiger partial charge < -0.3 is 25.0 Å². The molecule has 160 valence electrons. The van der Waals surface area contributed by atoms with Crippen molar-refractivity contribution in [2.24, 2.45) is 4.99 Å². The molecule has 1 aliphatic carbocycles. The minimum Gasteiger partial charge on any atom is -0.493 e. The topological polar surface area (TPSA) is 58.1 Å². The molecule has 7 heteroatoms. The molecule has 0 atom stereocenters. The Morgan fingerprint density at radius 2 is 1.89 bits per heavy atom. The molecule has 1 aromatic carbocycles. The Labute approximate surface area is 187 Å². The lowest BCUT2D eigenvalue weighted by Crippen LogP contribution is -2.41.